The fourth-order valence-corrected chi connectivity index (χ4v) is 5.31. The van der Waals surface area contributed by atoms with Gasteiger partial charge >= 0.3 is 0 Å². The number of hydrogen-bond acceptors (Lipinski definition) is 3. The highest BCUT2D eigenvalue weighted by molar-refractivity contribution is 7.10. The van der Waals surface area contributed by atoms with E-state index in [2.05, 4.69) is 76.9 Å². The molecule has 0 unspecified atom stereocenters. The summed E-state index contributed by atoms with van der Waals surface area (Å²) in [5.41, 5.74) is 5.60. The molecule has 3 heteroatoms. The van der Waals surface area contributed by atoms with Gasteiger partial charge in [0.05, 0.1) is 10.7 Å². The van der Waals surface area contributed by atoms with Crippen molar-refractivity contribution in [3.05, 3.63) is 39.7 Å². The first-order valence-corrected chi connectivity index (χ1v) is 11.8. The monoisotopic (exact) mass is 398 g/mol. The summed E-state index contributed by atoms with van der Waals surface area (Å²) in [6, 6.07) is 7.00. The minimum Gasteiger partial charge on any atom is -0.303 e. The lowest BCUT2D eigenvalue weighted by Gasteiger charge is -2.31. The Morgan fingerprint density at radius 2 is 1.64 bits per heavy atom. The third-order valence-corrected chi connectivity index (χ3v) is 6.94. The van der Waals surface area contributed by atoms with Crippen LogP contribution in [0.5, 0.6) is 0 Å². The van der Waals surface area contributed by atoms with E-state index in [0.29, 0.717) is 5.92 Å². The quantitative estimate of drug-likeness (QED) is 0.551. The lowest BCUT2D eigenvalue weighted by molar-refractivity contribution is 0.212. The van der Waals surface area contributed by atoms with E-state index in [4.69, 9.17) is 4.98 Å². The van der Waals surface area contributed by atoms with Crippen LogP contribution >= 0.6 is 11.3 Å². The van der Waals surface area contributed by atoms with Crippen LogP contribution in [0.1, 0.15) is 89.8 Å². The standard InChI is InChI=1S/C25H38N2S/c1-8-13-27-14-11-18(12-15-27)23-26-22(17-28-23)19-9-10-20(24(2,3)4)21(16-19)25(5,6)7/h9-10,16-18H,8,11-15H2,1-7H3. The summed E-state index contributed by atoms with van der Waals surface area (Å²) in [6.45, 7) is 19.8. The number of piperidine rings is 1. The van der Waals surface area contributed by atoms with E-state index >= 15 is 0 Å². The molecule has 0 spiro atoms. The highest BCUT2D eigenvalue weighted by Crippen LogP contribution is 2.38. The molecule has 2 nitrogen and oxygen atoms in total. The molecule has 0 aliphatic carbocycles. The van der Waals surface area contributed by atoms with Crippen molar-refractivity contribution in [2.24, 2.45) is 0 Å². The largest absolute Gasteiger partial charge is 0.303 e. The number of benzene rings is 1. The van der Waals surface area contributed by atoms with Crippen LogP contribution in [0, 0.1) is 0 Å². The van der Waals surface area contributed by atoms with Crippen molar-refractivity contribution in [2.45, 2.75) is 84.5 Å². The Morgan fingerprint density at radius 3 is 2.21 bits per heavy atom. The number of likely N-dealkylation sites (tertiary alicyclic amines) is 1. The van der Waals surface area contributed by atoms with E-state index in [-0.39, 0.29) is 10.8 Å². The van der Waals surface area contributed by atoms with Crippen LogP contribution in [0.4, 0.5) is 0 Å². The van der Waals surface area contributed by atoms with Crippen LogP contribution < -0.4 is 0 Å². The van der Waals surface area contributed by atoms with Crippen molar-refractivity contribution < 1.29 is 0 Å². The zero-order valence-electron chi connectivity index (χ0n) is 18.9. The van der Waals surface area contributed by atoms with Crippen molar-refractivity contribution >= 4 is 11.3 Å². The van der Waals surface area contributed by atoms with Crippen molar-refractivity contribution in [3.8, 4) is 11.3 Å². The Bertz CT molecular complexity index is 784. The Morgan fingerprint density at radius 1 is 1.00 bits per heavy atom. The Balaban J connectivity index is 1.84. The van der Waals surface area contributed by atoms with Gasteiger partial charge in [-0.05, 0) is 66.9 Å². The van der Waals surface area contributed by atoms with Gasteiger partial charge in [-0.3, -0.25) is 0 Å². The number of rotatable bonds is 4. The fraction of sp³-hybridized carbons (Fsp3) is 0.640. The molecule has 1 aromatic heterocycles. The first kappa shape index (κ1) is 21.5. The van der Waals surface area contributed by atoms with E-state index < -0.39 is 0 Å². The molecule has 0 N–H and O–H groups in total. The van der Waals surface area contributed by atoms with Crippen molar-refractivity contribution in [3.63, 3.8) is 0 Å². The van der Waals surface area contributed by atoms with Crippen LogP contribution in [0.15, 0.2) is 23.6 Å². The van der Waals surface area contributed by atoms with E-state index in [9.17, 15) is 0 Å². The molecule has 154 valence electrons. The second-order valence-electron chi connectivity index (χ2n) is 10.4. The molecule has 1 aliphatic heterocycles. The van der Waals surface area contributed by atoms with Gasteiger partial charge in [-0.1, -0.05) is 60.6 Å². The average Bonchev–Trinajstić information content (AvgIpc) is 3.11. The normalized spacial score (nSPS) is 17.2. The highest BCUT2D eigenvalue weighted by atomic mass is 32.1. The van der Waals surface area contributed by atoms with Crippen LogP contribution in [0.25, 0.3) is 11.3 Å². The number of aromatic nitrogens is 1. The van der Waals surface area contributed by atoms with Gasteiger partial charge in [-0.15, -0.1) is 11.3 Å². The van der Waals surface area contributed by atoms with E-state index in [0.717, 1.165) is 5.69 Å². The summed E-state index contributed by atoms with van der Waals surface area (Å²) in [4.78, 5) is 7.69. The Hall–Kier alpha value is -1.19. The van der Waals surface area contributed by atoms with Crippen molar-refractivity contribution in [2.75, 3.05) is 19.6 Å². The molecule has 1 aliphatic rings. The highest BCUT2D eigenvalue weighted by Gasteiger charge is 2.26. The van der Waals surface area contributed by atoms with Gasteiger partial charge in [0.25, 0.3) is 0 Å². The third-order valence-electron chi connectivity index (χ3n) is 5.93. The molecular formula is C25H38N2S. The molecule has 1 fully saturated rings. The second-order valence-corrected chi connectivity index (χ2v) is 11.3. The van der Waals surface area contributed by atoms with Crippen LogP contribution in [-0.2, 0) is 10.8 Å². The molecule has 1 saturated heterocycles. The average molecular weight is 399 g/mol. The Labute approximate surface area is 176 Å². The van der Waals surface area contributed by atoms with Crippen molar-refractivity contribution in [1.29, 1.82) is 0 Å². The zero-order chi connectivity index (χ0) is 20.5. The van der Waals surface area contributed by atoms with Gasteiger partial charge < -0.3 is 4.90 Å². The molecule has 0 amide bonds. The molecule has 0 radical (unpaired) electrons. The number of nitrogens with zero attached hydrogens (tertiary/aromatic N) is 2. The predicted molar refractivity (Wildman–Crippen MR) is 124 cm³/mol. The molecule has 2 aromatic rings. The summed E-state index contributed by atoms with van der Waals surface area (Å²) < 4.78 is 0. The van der Waals surface area contributed by atoms with E-state index in [1.54, 1.807) is 0 Å². The van der Waals surface area contributed by atoms with Gasteiger partial charge in [0.15, 0.2) is 0 Å². The minimum atomic E-state index is 0.129. The molecule has 2 heterocycles. The molecule has 0 saturated carbocycles. The summed E-state index contributed by atoms with van der Waals surface area (Å²) >= 11 is 1.86. The molecule has 0 bridgehead atoms. The molecule has 1 aromatic carbocycles. The van der Waals surface area contributed by atoms with Gasteiger partial charge in [-0.2, -0.15) is 0 Å². The lowest BCUT2D eigenvalue weighted by atomic mass is 9.74. The van der Waals surface area contributed by atoms with E-state index in [1.165, 1.54) is 60.6 Å². The topological polar surface area (TPSA) is 16.1 Å². The van der Waals surface area contributed by atoms with Crippen LogP contribution in [0.2, 0.25) is 0 Å². The zero-order valence-corrected chi connectivity index (χ0v) is 19.7. The Kier molecular flexibility index (Phi) is 6.36. The molecule has 28 heavy (non-hydrogen) atoms. The maximum Gasteiger partial charge on any atom is 0.0964 e. The van der Waals surface area contributed by atoms with Gasteiger partial charge in [0.1, 0.15) is 0 Å². The maximum absolute atomic E-state index is 5.09. The minimum absolute atomic E-state index is 0.129. The lowest BCUT2D eigenvalue weighted by Crippen LogP contribution is -2.33. The fourth-order valence-electron chi connectivity index (χ4n) is 4.31. The molecule has 3 rings (SSSR count). The second kappa shape index (κ2) is 8.28. The first-order valence-electron chi connectivity index (χ1n) is 10.9. The summed E-state index contributed by atoms with van der Waals surface area (Å²) in [5.74, 6) is 0.641. The number of hydrogen-bond donors (Lipinski definition) is 0. The van der Waals surface area contributed by atoms with Gasteiger partial charge in [0, 0.05) is 16.9 Å². The number of thiazole rings is 1. The smallest absolute Gasteiger partial charge is 0.0964 e. The van der Waals surface area contributed by atoms with Gasteiger partial charge in [-0.25, -0.2) is 4.98 Å². The third kappa shape index (κ3) is 4.86. The van der Waals surface area contributed by atoms with Crippen molar-refractivity contribution in [1.82, 2.24) is 9.88 Å². The van der Waals surface area contributed by atoms with Crippen LogP contribution in [0.3, 0.4) is 0 Å². The first-order chi connectivity index (χ1) is 13.1. The SMILES string of the molecule is CCCN1CCC(c2nc(-c3ccc(C(C)(C)C)c(C(C)(C)C)c3)cs2)CC1. The summed E-state index contributed by atoms with van der Waals surface area (Å²) in [7, 11) is 0. The van der Waals surface area contributed by atoms with Gasteiger partial charge in [0.2, 0.25) is 0 Å². The van der Waals surface area contributed by atoms with E-state index in [1.807, 2.05) is 11.3 Å². The maximum atomic E-state index is 5.09. The summed E-state index contributed by atoms with van der Waals surface area (Å²) in [5, 5.41) is 3.61. The molecular weight excluding hydrogens is 360 g/mol. The predicted octanol–water partition coefficient (Wildman–Crippen LogP) is 6.99. The summed E-state index contributed by atoms with van der Waals surface area (Å²) in [6.07, 6.45) is 3.76. The van der Waals surface area contributed by atoms with Crippen LogP contribution in [-0.4, -0.2) is 29.5 Å². The molecule has 0 atom stereocenters.